The van der Waals surface area contributed by atoms with E-state index in [1.165, 1.54) is 54.8 Å². The second-order valence-electron chi connectivity index (χ2n) is 13.9. The number of benzene rings is 2. The lowest BCUT2D eigenvalue weighted by atomic mass is 9.50. The van der Waals surface area contributed by atoms with Gasteiger partial charge in [-0.15, -0.1) is 0 Å². The van der Waals surface area contributed by atoms with Crippen LogP contribution in [-0.2, 0) is 4.79 Å². The Kier molecular flexibility index (Phi) is 6.55. The van der Waals surface area contributed by atoms with Gasteiger partial charge in [0, 0.05) is 0 Å². The third kappa shape index (κ3) is 4.78. The standard InChI is InChI=1S/C31H43OSi3/c1-34(2,3)29(27-15-11-8-12-16-27)28(26-13-9-7-10-14-26)33(35(4,5)6)30(32)31-20-23-17-24(21-31)19-25(18-23)22-31/h7-16,23-25H,17-22H2,1-6H3/q-1/b29-28-. The largest absolute Gasteiger partial charge is 0.340 e. The van der Waals surface area contributed by atoms with Gasteiger partial charge in [0.2, 0.25) is 0 Å². The molecule has 4 aliphatic rings. The number of carbonyl (C=O) groups is 1. The van der Waals surface area contributed by atoms with E-state index in [9.17, 15) is 0 Å². The summed E-state index contributed by atoms with van der Waals surface area (Å²) >= 11 is 0. The molecular weight excluding hydrogens is 473 g/mol. The Balaban J connectivity index is 1.75. The third-order valence-corrected chi connectivity index (χ3v) is 20.6. The van der Waals surface area contributed by atoms with E-state index in [0.717, 1.165) is 23.2 Å². The molecule has 0 aliphatic heterocycles. The van der Waals surface area contributed by atoms with Gasteiger partial charge in [-0.2, -0.15) is 5.20 Å². The predicted molar refractivity (Wildman–Crippen MR) is 158 cm³/mol. The maximum absolute atomic E-state index is 15.2. The molecule has 4 heteroatoms. The smallest absolute Gasteiger partial charge is 0.0748 e. The zero-order valence-electron chi connectivity index (χ0n) is 22.7. The zero-order chi connectivity index (χ0) is 25.0. The minimum Gasteiger partial charge on any atom is -0.340 e. The van der Waals surface area contributed by atoms with Crippen LogP contribution in [0, 0.1) is 23.2 Å². The highest BCUT2D eigenvalue weighted by atomic mass is 29.2. The fourth-order valence-electron chi connectivity index (χ4n) is 8.06. The molecule has 2 aromatic rings. The van der Waals surface area contributed by atoms with Crippen LogP contribution in [0.3, 0.4) is 0 Å². The van der Waals surface area contributed by atoms with Crippen LogP contribution < -0.4 is 0 Å². The van der Waals surface area contributed by atoms with Gasteiger partial charge >= 0.3 is 0 Å². The lowest BCUT2D eigenvalue weighted by Crippen LogP contribution is -2.60. The summed E-state index contributed by atoms with van der Waals surface area (Å²) in [4.78, 5) is 15.2. The number of hydrogen-bond donors (Lipinski definition) is 0. The SMILES string of the molecule is C[Si](C)(C)/C(=C(/c1ccccc1)[Si-](C(=O)C12CC3CC(CC(C3)C1)C2)[Si](C)(C)C)c1ccccc1. The summed E-state index contributed by atoms with van der Waals surface area (Å²) in [6.07, 6.45) is 7.75. The van der Waals surface area contributed by atoms with Crippen molar-refractivity contribution in [2.75, 3.05) is 0 Å². The van der Waals surface area contributed by atoms with Gasteiger partial charge in [0.15, 0.2) is 0 Å². The molecule has 0 radical (unpaired) electrons. The molecule has 6 rings (SSSR count). The maximum atomic E-state index is 15.2. The molecule has 4 aliphatic carbocycles. The van der Waals surface area contributed by atoms with Crippen LogP contribution in [0.1, 0.15) is 49.7 Å². The first-order valence-electron chi connectivity index (χ1n) is 13.8. The van der Waals surface area contributed by atoms with Crippen molar-refractivity contribution in [1.82, 2.24) is 0 Å². The van der Waals surface area contributed by atoms with E-state index >= 15 is 4.79 Å². The molecule has 1 nitrogen and oxygen atoms in total. The summed E-state index contributed by atoms with van der Waals surface area (Å²) in [6.45, 7) is 14.9. The summed E-state index contributed by atoms with van der Waals surface area (Å²) in [6, 6.07) is 22.2. The summed E-state index contributed by atoms with van der Waals surface area (Å²) in [7, 11) is -4.98. The molecule has 0 amide bonds. The van der Waals surface area contributed by atoms with E-state index < -0.39 is 24.0 Å². The first-order chi connectivity index (χ1) is 16.5. The molecule has 0 atom stereocenters. The first-order valence-corrected chi connectivity index (χ1v) is 23.3. The van der Waals surface area contributed by atoms with Crippen LogP contribution in [0.15, 0.2) is 60.7 Å². The van der Waals surface area contributed by atoms with Crippen LogP contribution in [0.4, 0.5) is 0 Å². The van der Waals surface area contributed by atoms with Gasteiger partial charge in [0.05, 0.1) is 8.07 Å². The average Bonchev–Trinajstić information content (AvgIpc) is 2.77. The van der Waals surface area contributed by atoms with Crippen molar-refractivity contribution in [3.8, 4) is 0 Å². The highest BCUT2D eigenvalue weighted by Crippen LogP contribution is 2.61. The number of carbonyl (C=O) groups excluding carboxylic acids is 1. The van der Waals surface area contributed by atoms with E-state index in [4.69, 9.17) is 0 Å². The Morgan fingerprint density at radius 3 is 1.54 bits per heavy atom. The van der Waals surface area contributed by atoms with Crippen molar-refractivity contribution < 1.29 is 4.79 Å². The topological polar surface area (TPSA) is 17.1 Å². The number of rotatable bonds is 7. The molecule has 0 heterocycles. The normalized spacial score (nSPS) is 28.6. The predicted octanol–water partition coefficient (Wildman–Crippen LogP) is 8.25. The Labute approximate surface area is 216 Å². The second-order valence-corrected chi connectivity index (χ2v) is 31.1. The van der Waals surface area contributed by atoms with Crippen LogP contribution in [0.5, 0.6) is 0 Å². The average molecular weight is 516 g/mol. The molecular formula is C31H43OSi3-. The minimum atomic E-state index is -1.81. The molecule has 4 fully saturated rings. The molecule has 0 spiro atoms. The Bertz CT molecular complexity index is 1070. The lowest BCUT2D eigenvalue weighted by molar-refractivity contribution is -0.135. The second kappa shape index (κ2) is 9.11. The molecule has 0 saturated heterocycles. The Morgan fingerprint density at radius 2 is 1.14 bits per heavy atom. The van der Waals surface area contributed by atoms with E-state index in [2.05, 4.69) is 99.9 Å². The summed E-state index contributed by atoms with van der Waals surface area (Å²) in [5.74, 6) is 2.43. The van der Waals surface area contributed by atoms with Gasteiger partial charge < -0.3 is 4.79 Å². The highest BCUT2D eigenvalue weighted by molar-refractivity contribution is 7.49. The lowest BCUT2D eigenvalue weighted by Gasteiger charge is -2.61. The number of hydrogen-bond acceptors (Lipinski definition) is 1. The summed E-state index contributed by atoms with van der Waals surface area (Å²) in [5, 5.41) is 3.76. The molecule has 0 aromatic heterocycles. The van der Waals surface area contributed by atoms with Gasteiger partial charge in [-0.05, 0) is 72.7 Å². The van der Waals surface area contributed by atoms with E-state index in [1.807, 2.05) is 0 Å². The van der Waals surface area contributed by atoms with Crippen LogP contribution >= 0.6 is 0 Å². The van der Waals surface area contributed by atoms with Crippen molar-refractivity contribution >= 4 is 39.8 Å². The van der Waals surface area contributed by atoms with Gasteiger partial charge in [-0.25, -0.2) is 8.31 Å². The molecule has 2 aromatic carbocycles. The maximum Gasteiger partial charge on any atom is 0.0748 e. The minimum absolute atomic E-state index is 0.0232. The van der Waals surface area contributed by atoms with Crippen molar-refractivity contribution in [2.45, 2.75) is 77.8 Å². The van der Waals surface area contributed by atoms with Crippen LogP contribution in [0.25, 0.3) is 10.4 Å². The quantitative estimate of drug-likeness (QED) is 0.268. The fourth-order valence-corrected chi connectivity index (χ4v) is 21.1. The molecule has 186 valence electrons. The molecule has 4 bridgehead atoms. The highest BCUT2D eigenvalue weighted by Gasteiger charge is 2.53. The monoisotopic (exact) mass is 515 g/mol. The van der Waals surface area contributed by atoms with Gasteiger partial charge in [0.25, 0.3) is 0 Å². The van der Waals surface area contributed by atoms with E-state index in [0.29, 0.717) is 0 Å². The molecule has 0 unspecified atom stereocenters. The van der Waals surface area contributed by atoms with Crippen LogP contribution in [-0.4, -0.2) is 29.4 Å². The Hall–Kier alpha value is -1.50. The van der Waals surface area contributed by atoms with Crippen LogP contribution in [0.2, 0.25) is 39.3 Å². The van der Waals surface area contributed by atoms with Gasteiger partial charge in [0.1, 0.15) is 0 Å². The fraction of sp³-hybridized carbons (Fsp3) is 0.516. The van der Waals surface area contributed by atoms with Gasteiger partial charge in [-0.1, -0.05) is 118 Å². The molecule has 4 saturated carbocycles. The molecule has 0 N–H and O–H groups in total. The Morgan fingerprint density at radius 1 is 0.714 bits per heavy atom. The molecule has 35 heavy (non-hydrogen) atoms. The first kappa shape index (κ1) is 25.2. The zero-order valence-corrected chi connectivity index (χ0v) is 25.7. The van der Waals surface area contributed by atoms with Crippen molar-refractivity contribution in [3.63, 3.8) is 0 Å². The van der Waals surface area contributed by atoms with Gasteiger partial charge in [-0.3, -0.25) is 0 Å². The van der Waals surface area contributed by atoms with Crippen molar-refractivity contribution in [3.05, 3.63) is 71.8 Å². The van der Waals surface area contributed by atoms with E-state index in [1.54, 1.807) is 5.20 Å². The summed E-state index contributed by atoms with van der Waals surface area (Å²) in [5.41, 5.74) is 2.65. The van der Waals surface area contributed by atoms with E-state index in [-0.39, 0.29) is 5.41 Å². The van der Waals surface area contributed by atoms with Crippen molar-refractivity contribution in [2.24, 2.45) is 23.2 Å². The van der Waals surface area contributed by atoms with Crippen molar-refractivity contribution in [1.29, 1.82) is 0 Å². The summed E-state index contributed by atoms with van der Waals surface area (Å²) < 4.78 is 0. The third-order valence-electron chi connectivity index (χ3n) is 8.87.